The first kappa shape index (κ1) is 10.5. The molecule has 0 aromatic rings. The topological polar surface area (TPSA) is 0 Å². The number of rotatable bonds is 0. The Bertz CT molecular complexity index is 191. The van der Waals surface area contributed by atoms with Crippen LogP contribution in [0, 0.1) is 16.7 Å². The summed E-state index contributed by atoms with van der Waals surface area (Å²) in [7, 11) is 0. The van der Waals surface area contributed by atoms with Gasteiger partial charge in [0.15, 0.2) is 0 Å². The Morgan fingerprint density at radius 1 is 0.857 bits per heavy atom. The maximum Gasteiger partial charge on any atom is -0.0264 e. The van der Waals surface area contributed by atoms with Gasteiger partial charge in [-0.25, -0.2) is 0 Å². The second kappa shape index (κ2) is 3.54. The van der Waals surface area contributed by atoms with Gasteiger partial charge in [-0.15, -0.1) is 0 Å². The van der Waals surface area contributed by atoms with E-state index in [1.165, 1.54) is 51.4 Å². The molecule has 1 spiro atoms. The number of hydrogen-bond donors (Lipinski definition) is 0. The van der Waals surface area contributed by atoms with Crippen LogP contribution in [0.25, 0.3) is 0 Å². The van der Waals surface area contributed by atoms with Gasteiger partial charge in [0.25, 0.3) is 0 Å². The fourth-order valence-electron chi connectivity index (χ4n) is 4.34. The second-order valence-electron chi connectivity index (χ2n) is 6.73. The fourth-order valence-corrected chi connectivity index (χ4v) is 4.34. The van der Waals surface area contributed by atoms with E-state index in [2.05, 4.69) is 20.8 Å². The number of hydrogen-bond acceptors (Lipinski definition) is 0. The molecule has 0 amide bonds. The third-order valence-corrected chi connectivity index (χ3v) is 4.80. The predicted molar refractivity (Wildman–Crippen MR) is 62.3 cm³/mol. The lowest BCUT2D eigenvalue weighted by atomic mass is 9.60. The van der Waals surface area contributed by atoms with E-state index in [1.54, 1.807) is 0 Å². The van der Waals surface area contributed by atoms with Crippen LogP contribution in [0.5, 0.6) is 0 Å². The van der Waals surface area contributed by atoms with Crippen LogP contribution >= 0.6 is 0 Å². The largest absolute Gasteiger partial charge is 0.0599 e. The van der Waals surface area contributed by atoms with Crippen molar-refractivity contribution in [1.82, 2.24) is 0 Å². The molecule has 1 unspecified atom stereocenters. The van der Waals surface area contributed by atoms with Crippen LogP contribution in [0.1, 0.15) is 72.1 Å². The average Bonchev–Trinajstić information content (AvgIpc) is 2.49. The van der Waals surface area contributed by atoms with Crippen molar-refractivity contribution in [2.45, 2.75) is 72.1 Å². The molecule has 82 valence electrons. The SMILES string of the molecule is CC(C)(C)C1CCCC12CCCCC2. The Morgan fingerprint density at radius 3 is 2.00 bits per heavy atom. The molecule has 0 radical (unpaired) electrons. The van der Waals surface area contributed by atoms with Gasteiger partial charge in [-0.2, -0.15) is 0 Å². The van der Waals surface area contributed by atoms with E-state index in [0.717, 1.165) is 11.3 Å². The molecule has 0 saturated heterocycles. The van der Waals surface area contributed by atoms with E-state index in [4.69, 9.17) is 0 Å². The van der Waals surface area contributed by atoms with Crippen LogP contribution < -0.4 is 0 Å². The van der Waals surface area contributed by atoms with Crippen molar-refractivity contribution in [2.24, 2.45) is 16.7 Å². The molecule has 0 N–H and O–H groups in total. The highest BCUT2D eigenvalue weighted by Gasteiger charge is 2.47. The van der Waals surface area contributed by atoms with Crippen LogP contribution in [0.15, 0.2) is 0 Å². The minimum atomic E-state index is 0.549. The lowest BCUT2D eigenvalue weighted by molar-refractivity contribution is 0.0491. The molecule has 0 aromatic carbocycles. The lowest BCUT2D eigenvalue weighted by Crippen LogP contribution is -2.36. The van der Waals surface area contributed by atoms with E-state index in [1.807, 2.05) is 0 Å². The van der Waals surface area contributed by atoms with E-state index in [9.17, 15) is 0 Å². The fraction of sp³-hybridized carbons (Fsp3) is 1.00. The molecule has 0 nitrogen and oxygen atoms in total. The Kier molecular flexibility index (Phi) is 2.66. The minimum absolute atomic E-state index is 0.549. The molecule has 2 rings (SSSR count). The summed E-state index contributed by atoms with van der Waals surface area (Å²) in [6, 6.07) is 0. The predicted octanol–water partition coefficient (Wildman–Crippen LogP) is 4.78. The van der Waals surface area contributed by atoms with E-state index in [0.29, 0.717) is 5.41 Å². The molecule has 0 heterocycles. The third-order valence-electron chi connectivity index (χ3n) is 4.80. The quantitative estimate of drug-likeness (QED) is 0.520. The highest BCUT2D eigenvalue weighted by Crippen LogP contribution is 2.58. The van der Waals surface area contributed by atoms with Crippen LogP contribution in [-0.4, -0.2) is 0 Å². The molecule has 2 fully saturated rings. The Hall–Kier alpha value is 0. The summed E-state index contributed by atoms with van der Waals surface area (Å²) in [5, 5.41) is 0. The van der Waals surface area contributed by atoms with Gasteiger partial charge >= 0.3 is 0 Å². The summed E-state index contributed by atoms with van der Waals surface area (Å²) in [6.45, 7) is 7.37. The molecule has 0 aromatic heterocycles. The Morgan fingerprint density at radius 2 is 1.43 bits per heavy atom. The van der Waals surface area contributed by atoms with Gasteiger partial charge in [-0.1, -0.05) is 46.5 Å². The molecule has 1 atom stereocenters. The molecule has 2 aliphatic rings. The second-order valence-corrected chi connectivity index (χ2v) is 6.73. The maximum atomic E-state index is 2.46. The van der Waals surface area contributed by atoms with Crippen LogP contribution in [0.3, 0.4) is 0 Å². The molecule has 0 bridgehead atoms. The van der Waals surface area contributed by atoms with Crippen molar-refractivity contribution in [3.05, 3.63) is 0 Å². The van der Waals surface area contributed by atoms with Crippen molar-refractivity contribution in [3.8, 4) is 0 Å². The van der Waals surface area contributed by atoms with Crippen molar-refractivity contribution in [1.29, 1.82) is 0 Å². The van der Waals surface area contributed by atoms with Gasteiger partial charge in [0.05, 0.1) is 0 Å². The van der Waals surface area contributed by atoms with Gasteiger partial charge in [0.1, 0.15) is 0 Å². The summed E-state index contributed by atoms with van der Waals surface area (Å²) in [4.78, 5) is 0. The summed E-state index contributed by atoms with van der Waals surface area (Å²) in [5.41, 5.74) is 1.32. The lowest BCUT2D eigenvalue weighted by Gasteiger charge is -2.45. The van der Waals surface area contributed by atoms with E-state index >= 15 is 0 Å². The first-order chi connectivity index (χ1) is 6.55. The normalized spacial score (nSPS) is 32.4. The Balaban J connectivity index is 2.16. The maximum absolute atomic E-state index is 2.46. The van der Waals surface area contributed by atoms with Gasteiger partial charge in [0, 0.05) is 0 Å². The molecular formula is C14H26. The average molecular weight is 194 g/mol. The molecular weight excluding hydrogens is 168 g/mol. The first-order valence-electron chi connectivity index (χ1n) is 6.55. The summed E-state index contributed by atoms with van der Waals surface area (Å²) in [5.74, 6) is 1.01. The van der Waals surface area contributed by atoms with Gasteiger partial charge < -0.3 is 0 Å². The zero-order valence-corrected chi connectivity index (χ0v) is 10.2. The van der Waals surface area contributed by atoms with Gasteiger partial charge in [-0.3, -0.25) is 0 Å². The molecule has 2 saturated carbocycles. The van der Waals surface area contributed by atoms with Crippen LogP contribution in [0.2, 0.25) is 0 Å². The Labute approximate surface area is 89.5 Å². The summed E-state index contributed by atoms with van der Waals surface area (Å²) in [6.07, 6.45) is 12.1. The zero-order valence-electron chi connectivity index (χ0n) is 10.2. The monoisotopic (exact) mass is 194 g/mol. The standard InChI is InChI=1S/C14H26/c1-13(2,3)12-8-7-11-14(12)9-5-4-6-10-14/h12H,4-11H2,1-3H3. The minimum Gasteiger partial charge on any atom is -0.0599 e. The van der Waals surface area contributed by atoms with Gasteiger partial charge in [0.2, 0.25) is 0 Å². The van der Waals surface area contributed by atoms with E-state index < -0.39 is 0 Å². The highest BCUT2D eigenvalue weighted by atomic mass is 14.5. The van der Waals surface area contributed by atoms with Crippen LogP contribution in [0.4, 0.5) is 0 Å². The molecule has 0 heteroatoms. The third kappa shape index (κ3) is 1.73. The van der Waals surface area contributed by atoms with Crippen molar-refractivity contribution in [3.63, 3.8) is 0 Å². The van der Waals surface area contributed by atoms with Crippen LogP contribution in [-0.2, 0) is 0 Å². The molecule has 2 aliphatic carbocycles. The highest BCUT2D eigenvalue weighted by molar-refractivity contribution is 4.98. The first-order valence-corrected chi connectivity index (χ1v) is 6.55. The summed E-state index contributed by atoms with van der Waals surface area (Å²) >= 11 is 0. The van der Waals surface area contributed by atoms with Crippen molar-refractivity contribution < 1.29 is 0 Å². The van der Waals surface area contributed by atoms with Crippen molar-refractivity contribution in [2.75, 3.05) is 0 Å². The smallest absolute Gasteiger partial charge is 0.0264 e. The summed E-state index contributed by atoms with van der Waals surface area (Å²) < 4.78 is 0. The zero-order chi connectivity index (χ0) is 10.2. The molecule has 0 aliphatic heterocycles. The van der Waals surface area contributed by atoms with Gasteiger partial charge in [-0.05, 0) is 42.4 Å². The molecule has 14 heavy (non-hydrogen) atoms. The van der Waals surface area contributed by atoms with E-state index in [-0.39, 0.29) is 0 Å². The van der Waals surface area contributed by atoms with Crippen molar-refractivity contribution >= 4 is 0 Å².